The molecule has 0 unspecified atom stereocenters. The molecule has 4 aromatic heterocycles. The molecule has 0 aliphatic carbocycles. The number of benzene rings is 12. The molecule has 0 bridgehead atoms. The van der Waals surface area contributed by atoms with Crippen molar-refractivity contribution in [2.24, 2.45) is 0 Å². The summed E-state index contributed by atoms with van der Waals surface area (Å²) in [5, 5.41) is 4.04. The lowest BCUT2D eigenvalue weighted by atomic mass is 9.95. The Morgan fingerprint density at radius 1 is 0.151 bits per heavy atom. The zero-order chi connectivity index (χ0) is 56.9. The van der Waals surface area contributed by atoms with Crippen molar-refractivity contribution in [3.05, 3.63) is 291 Å². The number of hydrogen-bond donors (Lipinski definition) is 0. The highest BCUT2D eigenvalue weighted by atomic mass is 16.3. The summed E-state index contributed by atoms with van der Waals surface area (Å²) in [6.07, 6.45) is 0. The summed E-state index contributed by atoms with van der Waals surface area (Å²) in [4.78, 5) is 30.1. The van der Waals surface area contributed by atoms with Gasteiger partial charge in [-0.25, -0.2) is 29.9 Å². The maximum atomic E-state index is 6.54. The second-order valence-corrected chi connectivity index (χ2v) is 21.4. The Morgan fingerprint density at radius 2 is 0.395 bits per heavy atom. The quantitative estimate of drug-likeness (QED) is 0.126. The molecule has 402 valence electrons. The number of hydrogen-bond acceptors (Lipinski definition) is 8. The summed E-state index contributed by atoms with van der Waals surface area (Å²) in [5.41, 5.74) is 19.8. The van der Waals surface area contributed by atoms with Crippen molar-refractivity contribution in [3.63, 3.8) is 0 Å². The molecule has 16 aromatic rings. The predicted molar refractivity (Wildman–Crippen MR) is 348 cm³/mol. The Bertz CT molecular complexity index is 5140. The molecular weight excluding hydrogens is 1050 g/mol. The summed E-state index contributed by atoms with van der Waals surface area (Å²) >= 11 is 0. The molecular formula is C78H48N6O2. The van der Waals surface area contributed by atoms with Crippen molar-refractivity contribution in [1.29, 1.82) is 0 Å². The minimum absolute atomic E-state index is 0.582. The standard InChI is InChI=1S/C78H48N6O2/c1-5-15-49(16-6-1)50-27-29-52(30-28-50)61-35-39-65-67-46-64(38-41-69(67)85-71(65)47-61)78-83-75(55-21-11-4-12-22-55)80-76(84-78)56-33-31-51(32-34-56)57-23-13-24-58(43-57)59-25-14-26-60(44-59)62-36-40-66-68-45-63(37-42-70(68)86-72(66)48-62)77-81-73(53-17-7-2-8-18-53)79-74(82-77)54-19-9-3-10-20-54/h1-48H. The van der Waals surface area contributed by atoms with Crippen LogP contribution in [0.25, 0.3) is 168 Å². The highest BCUT2D eigenvalue weighted by Crippen LogP contribution is 2.39. The van der Waals surface area contributed by atoms with E-state index in [0.29, 0.717) is 34.9 Å². The molecule has 0 aliphatic heterocycles. The first kappa shape index (κ1) is 50.0. The molecule has 0 fully saturated rings. The van der Waals surface area contributed by atoms with E-state index in [-0.39, 0.29) is 0 Å². The van der Waals surface area contributed by atoms with Gasteiger partial charge in [-0.3, -0.25) is 0 Å². The fraction of sp³-hybridized carbons (Fsp3) is 0. The SMILES string of the molecule is c1ccc(-c2ccc(-c3ccc4c(c3)oc3ccc(-c5nc(-c6ccccc6)nc(-c6ccc(-c7cccc(-c8cccc(-c9ccc%10c(c9)oc9ccc(-c%11nc(-c%12ccccc%12)nc(-c%12ccccc%12)n%11)cc9%10)c8)c7)cc6)n5)cc34)cc2)cc1. The molecule has 8 nitrogen and oxygen atoms in total. The van der Waals surface area contributed by atoms with Crippen LogP contribution in [0.15, 0.2) is 300 Å². The van der Waals surface area contributed by atoms with Crippen LogP contribution in [0, 0.1) is 0 Å². The molecule has 12 aromatic carbocycles. The Balaban J connectivity index is 0.669. The van der Waals surface area contributed by atoms with Crippen molar-refractivity contribution >= 4 is 43.9 Å². The first-order valence-electron chi connectivity index (χ1n) is 28.6. The molecule has 16 rings (SSSR count). The fourth-order valence-electron chi connectivity index (χ4n) is 11.5. The Hall–Kier alpha value is -11.7. The second kappa shape index (κ2) is 21.2. The Labute approximate surface area is 495 Å². The Morgan fingerprint density at radius 3 is 0.779 bits per heavy atom. The lowest BCUT2D eigenvalue weighted by Crippen LogP contribution is -2.00. The van der Waals surface area contributed by atoms with Gasteiger partial charge in [0.25, 0.3) is 0 Å². The van der Waals surface area contributed by atoms with Gasteiger partial charge in [0.2, 0.25) is 0 Å². The van der Waals surface area contributed by atoms with Crippen LogP contribution in [0.2, 0.25) is 0 Å². The molecule has 0 amide bonds. The zero-order valence-electron chi connectivity index (χ0n) is 46.2. The average Bonchev–Trinajstić information content (AvgIpc) is 2.34. The van der Waals surface area contributed by atoms with Crippen molar-refractivity contribution in [1.82, 2.24) is 29.9 Å². The number of furan rings is 2. The van der Waals surface area contributed by atoms with Gasteiger partial charge in [-0.15, -0.1) is 0 Å². The molecule has 0 aliphatic rings. The highest BCUT2D eigenvalue weighted by molar-refractivity contribution is 6.08. The van der Waals surface area contributed by atoms with Crippen molar-refractivity contribution in [3.8, 4) is 124 Å². The minimum atomic E-state index is 0.582. The van der Waals surface area contributed by atoms with Crippen LogP contribution in [0.1, 0.15) is 0 Å². The number of rotatable bonds is 11. The zero-order valence-corrected chi connectivity index (χ0v) is 46.2. The van der Waals surface area contributed by atoms with Gasteiger partial charge in [-0.2, -0.15) is 0 Å². The highest BCUT2D eigenvalue weighted by Gasteiger charge is 2.19. The van der Waals surface area contributed by atoms with E-state index in [9.17, 15) is 0 Å². The van der Waals surface area contributed by atoms with E-state index < -0.39 is 0 Å². The smallest absolute Gasteiger partial charge is 0.164 e. The van der Waals surface area contributed by atoms with Crippen molar-refractivity contribution in [2.75, 3.05) is 0 Å². The predicted octanol–water partition coefficient (Wildman–Crippen LogP) is 20.2. The molecule has 8 heteroatoms. The largest absolute Gasteiger partial charge is 0.456 e. The van der Waals surface area contributed by atoms with E-state index in [1.54, 1.807) is 0 Å². The van der Waals surface area contributed by atoms with E-state index in [1.165, 1.54) is 11.1 Å². The fourth-order valence-corrected chi connectivity index (χ4v) is 11.5. The average molecular weight is 1100 g/mol. The summed E-state index contributed by atoms with van der Waals surface area (Å²) in [6.45, 7) is 0. The van der Waals surface area contributed by atoms with Crippen molar-refractivity contribution < 1.29 is 8.83 Å². The van der Waals surface area contributed by atoms with E-state index in [1.807, 2.05) is 121 Å². The van der Waals surface area contributed by atoms with Gasteiger partial charge < -0.3 is 8.83 Å². The molecule has 0 N–H and O–H groups in total. The summed E-state index contributed by atoms with van der Waals surface area (Å²) in [6, 6.07) is 100. The van der Waals surface area contributed by atoms with E-state index in [4.69, 9.17) is 38.7 Å². The lowest BCUT2D eigenvalue weighted by Gasteiger charge is -2.10. The maximum absolute atomic E-state index is 6.54. The van der Waals surface area contributed by atoms with Crippen LogP contribution in [0.4, 0.5) is 0 Å². The Kier molecular flexibility index (Phi) is 12.3. The van der Waals surface area contributed by atoms with Crippen LogP contribution in [-0.2, 0) is 0 Å². The normalized spacial score (nSPS) is 11.5. The summed E-state index contributed by atoms with van der Waals surface area (Å²) in [7, 11) is 0. The van der Waals surface area contributed by atoms with Gasteiger partial charge in [0, 0.05) is 54.9 Å². The topological polar surface area (TPSA) is 104 Å². The molecule has 0 atom stereocenters. The van der Waals surface area contributed by atoms with Crippen LogP contribution < -0.4 is 0 Å². The maximum Gasteiger partial charge on any atom is 0.164 e. The summed E-state index contributed by atoms with van der Waals surface area (Å²) < 4.78 is 13.0. The molecule has 86 heavy (non-hydrogen) atoms. The molecule has 0 radical (unpaired) electrons. The van der Waals surface area contributed by atoms with Gasteiger partial charge in [-0.1, -0.05) is 218 Å². The van der Waals surface area contributed by atoms with E-state index in [0.717, 1.165) is 122 Å². The minimum Gasteiger partial charge on any atom is -0.456 e. The second-order valence-electron chi connectivity index (χ2n) is 21.4. The first-order chi connectivity index (χ1) is 42.5. The van der Waals surface area contributed by atoms with Crippen LogP contribution in [0.5, 0.6) is 0 Å². The van der Waals surface area contributed by atoms with Gasteiger partial charge in [0.05, 0.1) is 0 Å². The van der Waals surface area contributed by atoms with Crippen LogP contribution in [0.3, 0.4) is 0 Å². The van der Waals surface area contributed by atoms with Gasteiger partial charge >= 0.3 is 0 Å². The number of aromatic nitrogens is 6. The third-order valence-electron chi connectivity index (χ3n) is 16.0. The molecule has 0 saturated carbocycles. The third-order valence-corrected chi connectivity index (χ3v) is 16.0. The monoisotopic (exact) mass is 1100 g/mol. The van der Waals surface area contributed by atoms with E-state index in [2.05, 4.69) is 170 Å². The van der Waals surface area contributed by atoms with Gasteiger partial charge in [-0.05, 0) is 128 Å². The van der Waals surface area contributed by atoms with Gasteiger partial charge in [0.15, 0.2) is 34.9 Å². The van der Waals surface area contributed by atoms with Crippen LogP contribution >= 0.6 is 0 Å². The third kappa shape index (κ3) is 9.53. The summed E-state index contributed by atoms with van der Waals surface area (Å²) in [5.74, 6) is 3.62. The van der Waals surface area contributed by atoms with E-state index >= 15 is 0 Å². The van der Waals surface area contributed by atoms with Gasteiger partial charge in [0.1, 0.15) is 22.3 Å². The number of fused-ring (bicyclic) bond motifs is 6. The molecule has 0 spiro atoms. The van der Waals surface area contributed by atoms with Crippen molar-refractivity contribution in [2.45, 2.75) is 0 Å². The number of nitrogens with zero attached hydrogens (tertiary/aromatic N) is 6. The van der Waals surface area contributed by atoms with Crippen LogP contribution in [-0.4, -0.2) is 29.9 Å². The molecule has 0 saturated heterocycles. The lowest BCUT2D eigenvalue weighted by molar-refractivity contribution is 0.668. The molecule has 4 heterocycles. The first-order valence-corrected chi connectivity index (χ1v) is 28.6.